The molecule has 0 radical (unpaired) electrons. The van der Waals surface area contributed by atoms with Crippen LogP contribution in [-0.4, -0.2) is 26.9 Å². The Bertz CT molecular complexity index is 688. The van der Waals surface area contributed by atoms with Crippen LogP contribution in [0.15, 0.2) is 67.3 Å². The van der Waals surface area contributed by atoms with Crippen LogP contribution in [0.25, 0.3) is 0 Å². The molecule has 1 aliphatic rings. The Hall–Kier alpha value is -0.340. The van der Waals surface area contributed by atoms with Crippen molar-refractivity contribution in [3.8, 4) is 0 Å². The van der Waals surface area contributed by atoms with Crippen LogP contribution in [0, 0.1) is 0 Å². The number of ether oxygens (including phenoxy) is 1. The fourth-order valence-electron chi connectivity index (χ4n) is 1.65. The minimum absolute atomic E-state index is 0.318. The van der Waals surface area contributed by atoms with Crippen LogP contribution in [0.5, 0.6) is 0 Å². The van der Waals surface area contributed by atoms with Crippen molar-refractivity contribution in [1.82, 2.24) is 0 Å². The topological polar surface area (TPSA) is 43.4 Å². The zero-order valence-corrected chi connectivity index (χ0v) is 16.3. The second-order valence-electron chi connectivity index (χ2n) is 4.63. The van der Waals surface area contributed by atoms with E-state index in [1.807, 2.05) is 24.3 Å². The first kappa shape index (κ1) is 18.0. The summed E-state index contributed by atoms with van der Waals surface area (Å²) in [7, 11) is -3.16. The molecule has 0 aromatic heterocycles. The highest BCUT2D eigenvalue weighted by Crippen LogP contribution is 2.22. The molecule has 0 N–H and O–H groups in total. The number of thiol groups is 1. The van der Waals surface area contributed by atoms with Crippen LogP contribution in [0.4, 0.5) is 0 Å². The molecule has 1 heterocycles. The van der Waals surface area contributed by atoms with Gasteiger partial charge in [-0.05, 0) is 48.5 Å². The smallest absolute Gasteiger partial charge is 0.185 e. The van der Waals surface area contributed by atoms with Gasteiger partial charge in [0.15, 0.2) is 9.84 Å². The van der Waals surface area contributed by atoms with Crippen LogP contribution in [0.3, 0.4) is 0 Å². The third kappa shape index (κ3) is 4.83. The second kappa shape index (κ2) is 7.97. The van der Waals surface area contributed by atoms with E-state index in [9.17, 15) is 8.42 Å². The fraction of sp³-hybridized carbons (Fsp3) is 0.200. The first-order valence-corrected chi connectivity index (χ1v) is 9.99. The molecule has 1 saturated heterocycles. The van der Waals surface area contributed by atoms with E-state index in [4.69, 9.17) is 4.74 Å². The van der Waals surface area contributed by atoms with Crippen molar-refractivity contribution in [1.29, 1.82) is 0 Å². The van der Waals surface area contributed by atoms with Crippen molar-refractivity contribution in [3.05, 3.63) is 57.5 Å². The summed E-state index contributed by atoms with van der Waals surface area (Å²) in [6, 6.07) is 14.5. The molecule has 2 aromatic rings. The van der Waals surface area contributed by atoms with Crippen LogP contribution in [-0.2, 0) is 14.6 Å². The van der Waals surface area contributed by atoms with E-state index >= 15 is 0 Å². The Balaban J connectivity index is 0.000000188. The fourth-order valence-corrected chi connectivity index (χ4v) is 3.78. The molecule has 7 heteroatoms. The van der Waals surface area contributed by atoms with Crippen LogP contribution < -0.4 is 0 Å². The Morgan fingerprint density at radius 1 is 0.909 bits per heavy atom. The number of benzene rings is 2. The van der Waals surface area contributed by atoms with E-state index in [0.29, 0.717) is 18.1 Å². The average Bonchev–Trinajstić information content (AvgIpc) is 2.41. The van der Waals surface area contributed by atoms with E-state index in [0.717, 1.165) is 13.8 Å². The maximum atomic E-state index is 11.8. The van der Waals surface area contributed by atoms with Crippen LogP contribution >= 0.6 is 44.5 Å². The van der Waals surface area contributed by atoms with Crippen molar-refractivity contribution in [3.63, 3.8) is 0 Å². The molecular formula is C15H14Br2O3S2. The lowest BCUT2D eigenvalue weighted by molar-refractivity contribution is 0.0416. The minimum atomic E-state index is -3.16. The zero-order valence-electron chi connectivity index (χ0n) is 11.4. The van der Waals surface area contributed by atoms with Crippen molar-refractivity contribution >= 4 is 54.3 Å². The predicted molar refractivity (Wildman–Crippen MR) is 97.3 cm³/mol. The Labute approximate surface area is 152 Å². The molecule has 0 amide bonds. The molecule has 1 aliphatic heterocycles. The summed E-state index contributed by atoms with van der Waals surface area (Å²) in [5.74, 6) is 0. The van der Waals surface area contributed by atoms with Gasteiger partial charge >= 0.3 is 0 Å². The first-order valence-electron chi connectivity index (χ1n) is 6.41. The third-order valence-electron chi connectivity index (χ3n) is 3.02. The zero-order chi connectivity index (χ0) is 16.2. The van der Waals surface area contributed by atoms with Crippen molar-refractivity contribution in [2.75, 3.05) is 13.2 Å². The van der Waals surface area contributed by atoms with Crippen LogP contribution in [0.2, 0.25) is 0 Å². The largest absolute Gasteiger partial charge is 0.379 e. The van der Waals surface area contributed by atoms with Gasteiger partial charge in [0, 0.05) is 13.8 Å². The Kier molecular flexibility index (Phi) is 6.52. The molecule has 1 fully saturated rings. The summed E-state index contributed by atoms with van der Waals surface area (Å²) in [6.45, 7) is 0.636. The lowest BCUT2D eigenvalue weighted by Crippen LogP contribution is -2.40. The number of hydrogen-bond donors (Lipinski definition) is 1. The number of rotatable bonds is 2. The highest BCUT2D eigenvalue weighted by Gasteiger charge is 2.33. The quantitative estimate of drug-likeness (QED) is 0.670. The summed E-state index contributed by atoms with van der Waals surface area (Å²) >= 11 is 10.7. The second-order valence-corrected chi connectivity index (χ2v) is 9.21. The molecule has 0 unspecified atom stereocenters. The highest BCUT2D eigenvalue weighted by atomic mass is 79.9. The molecule has 0 saturated carbocycles. The summed E-state index contributed by atoms with van der Waals surface area (Å²) in [4.78, 5) is 1.36. The third-order valence-corrected chi connectivity index (χ3v) is 6.45. The molecule has 22 heavy (non-hydrogen) atoms. The minimum Gasteiger partial charge on any atom is -0.379 e. The predicted octanol–water partition coefficient (Wildman–Crippen LogP) is 4.36. The maximum Gasteiger partial charge on any atom is 0.185 e. The molecule has 3 rings (SSSR count). The van der Waals surface area contributed by atoms with E-state index in [1.54, 1.807) is 24.3 Å². The first-order chi connectivity index (χ1) is 10.4. The lowest BCUT2D eigenvalue weighted by Gasteiger charge is -2.25. The van der Waals surface area contributed by atoms with E-state index in [1.165, 1.54) is 0 Å². The molecule has 2 aromatic carbocycles. The molecule has 0 bridgehead atoms. The van der Waals surface area contributed by atoms with Gasteiger partial charge in [0.05, 0.1) is 18.1 Å². The van der Waals surface area contributed by atoms with Gasteiger partial charge in [-0.25, -0.2) is 8.42 Å². The summed E-state index contributed by atoms with van der Waals surface area (Å²) < 4.78 is 30.5. The average molecular weight is 466 g/mol. The number of hydrogen-bond acceptors (Lipinski definition) is 4. The summed E-state index contributed by atoms with van der Waals surface area (Å²) in [5, 5.41) is -0.358. The Morgan fingerprint density at radius 3 is 1.73 bits per heavy atom. The van der Waals surface area contributed by atoms with Gasteiger partial charge in [0.25, 0.3) is 0 Å². The number of halogens is 2. The normalized spacial score (nSPS) is 14.7. The van der Waals surface area contributed by atoms with Gasteiger partial charge in [-0.1, -0.05) is 31.9 Å². The Morgan fingerprint density at radius 2 is 1.36 bits per heavy atom. The summed E-state index contributed by atoms with van der Waals surface area (Å²) in [6.07, 6.45) is 0. The molecule has 0 aliphatic carbocycles. The van der Waals surface area contributed by atoms with Crippen molar-refractivity contribution in [2.24, 2.45) is 0 Å². The monoisotopic (exact) mass is 464 g/mol. The van der Waals surface area contributed by atoms with Crippen LogP contribution in [0.1, 0.15) is 0 Å². The maximum absolute atomic E-state index is 11.8. The van der Waals surface area contributed by atoms with Gasteiger partial charge in [0.1, 0.15) is 5.25 Å². The molecule has 0 spiro atoms. The summed E-state index contributed by atoms with van der Waals surface area (Å²) in [5.41, 5.74) is 0. The van der Waals surface area contributed by atoms with E-state index < -0.39 is 9.84 Å². The van der Waals surface area contributed by atoms with Gasteiger partial charge in [-0.3, -0.25) is 0 Å². The molecule has 0 atom stereocenters. The van der Waals surface area contributed by atoms with E-state index in [-0.39, 0.29) is 5.25 Å². The SMILES string of the molecule is O=S(=O)(c1ccc(Br)cc1)C1COC1.Sc1ccc(Br)cc1. The highest BCUT2D eigenvalue weighted by molar-refractivity contribution is 9.10. The van der Waals surface area contributed by atoms with E-state index in [2.05, 4.69) is 44.5 Å². The van der Waals surface area contributed by atoms with Gasteiger partial charge in [0.2, 0.25) is 0 Å². The lowest BCUT2D eigenvalue weighted by atomic mass is 10.4. The van der Waals surface area contributed by atoms with Crippen molar-refractivity contribution in [2.45, 2.75) is 15.0 Å². The van der Waals surface area contributed by atoms with Gasteiger partial charge < -0.3 is 4.74 Å². The molecule has 118 valence electrons. The molecular weight excluding hydrogens is 452 g/mol. The van der Waals surface area contributed by atoms with Gasteiger partial charge in [-0.2, -0.15) is 0 Å². The van der Waals surface area contributed by atoms with Crippen molar-refractivity contribution < 1.29 is 13.2 Å². The molecule has 3 nitrogen and oxygen atoms in total. The number of sulfone groups is 1. The van der Waals surface area contributed by atoms with Gasteiger partial charge in [-0.15, -0.1) is 12.6 Å². The standard InChI is InChI=1S/C9H9BrO3S.C6H5BrS/c10-7-1-3-8(4-2-7)14(11,12)9-5-13-6-9;7-5-1-3-6(8)4-2-5/h1-4,9H,5-6H2;1-4,8H.